The molecule has 0 rings (SSSR count). The summed E-state index contributed by atoms with van der Waals surface area (Å²) in [6.07, 6.45) is 5.58. The highest BCUT2D eigenvalue weighted by Crippen LogP contribution is 1.88. The topological polar surface area (TPSA) is 46.5 Å². The second-order valence-electron chi connectivity index (χ2n) is 2.21. The zero-order valence-corrected chi connectivity index (χ0v) is 6.65. The minimum atomic E-state index is -0.959. The summed E-state index contributed by atoms with van der Waals surface area (Å²) < 4.78 is 5.00. The van der Waals surface area contributed by atoms with Crippen LogP contribution >= 0.6 is 0 Å². The molecule has 0 fully saturated rings. The van der Waals surface area contributed by atoms with Crippen LogP contribution < -0.4 is 0 Å². The quantitative estimate of drug-likeness (QED) is 0.381. The van der Waals surface area contributed by atoms with Crippen molar-refractivity contribution in [3.63, 3.8) is 0 Å². The number of rotatable bonds is 4. The van der Waals surface area contributed by atoms with E-state index in [1.807, 2.05) is 13.8 Å². The molecule has 0 amide bonds. The van der Waals surface area contributed by atoms with Crippen molar-refractivity contribution in [2.45, 2.75) is 20.0 Å². The van der Waals surface area contributed by atoms with Gasteiger partial charge in [0, 0.05) is 6.08 Å². The van der Waals surface area contributed by atoms with Gasteiger partial charge in [-0.1, -0.05) is 6.08 Å². The summed E-state index contributed by atoms with van der Waals surface area (Å²) in [5.74, 6) is -0.959. The van der Waals surface area contributed by atoms with Crippen molar-refractivity contribution in [1.29, 1.82) is 0 Å². The Morgan fingerprint density at radius 2 is 2.09 bits per heavy atom. The van der Waals surface area contributed by atoms with Gasteiger partial charge >= 0.3 is 5.97 Å². The van der Waals surface area contributed by atoms with E-state index in [2.05, 4.69) is 0 Å². The maximum absolute atomic E-state index is 9.93. The van der Waals surface area contributed by atoms with E-state index >= 15 is 0 Å². The third-order valence-electron chi connectivity index (χ3n) is 0.779. The summed E-state index contributed by atoms with van der Waals surface area (Å²) in [5, 5.41) is 8.16. The molecule has 1 N–H and O–H groups in total. The third-order valence-corrected chi connectivity index (χ3v) is 0.779. The van der Waals surface area contributed by atoms with Crippen LogP contribution in [0.15, 0.2) is 24.5 Å². The van der Waals surface area contributed by atoms with E-state index in [-0.39, 0.29) is 6.10 Å². The van der Waals surface area contributed by atoms with Gasteiger partial charge in [-0.2, -0.15) is 0 Å². The highest BCUT2D eigenvalue weighted by molar-refractivity contribution is 5.80. The summed E-state index contributed by atoms with van der Waals surface area (Å²) in [6.45, 7) is 3.79. The second kappa shape index (κ2) is 5.53. The van der Waals surface area contributed by atoms with Gasteiger partial charge in [0.1, 0.15) is 0 Å². The van der Waals surface area contributed by atoms with Crippen molar-refractivity contribution in [1.82, 2.24) is 0 Å². The van der Waals surface area contributed by atoms with Crippen molar-refractivity contribution in [3.8, 4) is 0 Å². The molecule has 0 unspecified atom stereocenters. The molecule has 0 aliphatic heterocycles. The van der Waals surface area contributed by atoms with Crippen LogP contribution in [-0.2, 0) is 9.53 Å². The lowest BCUT2D eigenvalue weighted by molar-refractivity contribution is -0.131. The largest absolute Gasteiger partial charge is 0.499 e. The minimum absolute atomic E-state index is 0.129. The number of hydrogen-bond donors (Lipinski definition) is 1. The molecule has 3 nitrogen and oxygen atoms in total. The van der Waals surface area contributed by atoms with E-state index in [0.717, 1.165) is 6.08 Å². The highest BCUT2D eigenvalue weighted by atomic mass is 16.5. The van der Waals surface area contributed by atoms with Gasteiger partial charge in [-0.3, -0.25) is 0 Å². The first-order chi connectivity index (χ1) is 5.13. The van der Waals surface area contributed by atoms with E-state index in [1.54, 1.807) is 0 Å². The van der Waals surface area contributed by atoms with Crippen LogP contribution in [0.4, 0.5) is 0 Å². The molecule has 0 radical (unpaired) electrons. The highest BCUT2D eigenvalue weighted by Gasteiger charge is 1.84. The van der Waals surface area contributed by atoms with Crippen molar-refractivity contribution in [2.24, 2.45) is 0 Å². The smallest absolute Gasteiger partial charge is 0.328 e. The standard InChI is InChI=1S/C8H12O3/c1-7(2)11-6-4-3-5-8(9)10/h3-7H,1-2H3,(H,9,10)/b5-3-,6-4+. The van der Waals surface area contributed by atoms with E-state index in [0.29, 0.717) is 0 Å². The number of ether oxygens (including phenoxy) is 1. The zero-order valence-electron chi connectivity index (χ0n) is 6.65. The Morgan fingerprint density at radius 1 is 1.45 bits per heavy atom. The molecule has 0 aromatic rings. The molecular formula is C8H12O3. The Kier molecular flexibility index (Phi) is 4.90. The van der Waals surface area contributed by atoms with E-state index in [9.17, 15) is 4.79 Å². The molecule has 0 aromatic carbocycles. The van der Waals surface area contributed by atoms with Gasteiger partial charge in [0.2, 0.25) is 0 Å². The molecule has 0 atom stereocenters. The van der Waals surface area contributed by atoms with Gasteiger partial charge in [0.25, 0.3) is 0 Å². The summed E-state index contributed by atoms with van der Waals surface area (Å²) >= 11 is 0. The molecule has 11 heavy (non-hydrogen) atoms. The molecule has 0 aromatic heterocycles. The Labute approximate surface area is 66.0 Å². The molecule has 0 aliphatic rings. The van der Waals surface area contributed by atoms with Gasteiger partial charge in [0.15, 0.2) is 0 Å². The first-order valence-corrected chi connectivity index (χ1v) is 3.34. The van der Waals surface area contributed by atoms with Gasteiger partial charge in [-0.25, -0.2) is 4.79 Å². The lowest BCUT2D eigenvalue weighted by Crippen LogP contribution is -1.94. The number of carboxylic acid groups (broad SMARTS) is 1. The average molecular weight is 156 g/mol. The van der Waals surface area contributed by atoms with Crippen molar-refractivity contribution >= 4 is 5.97 Å². The predicted octanol–water partition coefficient (Wildman–Crippen LogP) is 1.57. The molecular weight excluding hydrogens is 144 g/mol. The first-order valence-electron chi connectivity index (χ1n) is 3.34. The minimum Gasteiger partial charge on any atom is -0.499 e. The molecule has 3 heteroatoms. The van der Waals surface area contributed by atoms with Gasteiger partial charge in [-0.05, 0) is 19.9 Å². The Hall–Kier alpha value is -1.25. The summed E-state index contributed by atoms with van der Waals surface area (Å²) in [4.78, 5) is 9.93. The van der Waals surface area contributed by atoms with Crippen molar-refractivity contribution < 1.29 is 14.6 Å². The normalized spacial score (nSPS) is 11.5. The van der Waals surface area contributed by atoms with Gasteiger partial charge in [-0.15, -0.1) is 0 Å². The Bertz CT molecular complexity index is 168. The number of aliphatic carboxylic acids is 1. The molecule has 62 valence electrons. The Morgan fingerprint density at radius 3 is 2.55 bits per heavy atom. The molecule has 0 aliphatic carbocycles. The van der Waals surface area contributed by atoms with Crippen molar-refractivity contribution in [3.05, 3.63) is 24.5 Å². The van der Waals surface area contributed by atoms with Gasteiger partial charge < -0.3 is 9.84 Å². The van der Waals surface area contributed by atoms with Crippen molar-refractivity contribution in [2.75, 3.05) is 0 Å². The number of carboxylic acids is 1. The van der Waals surface area contributed by atoms with Crippen LogP contribution in [0.5, 0.6) is 0 Å². The number of allylic oxidation sites excluding steroid dienone is 2. The van der Waals surface area contributed by atoms with E-state index in [1.165, 1.54) is 18.4 Å². The number of hydrogen-bond acceptors (Lipinski definition) is 2. The predicted molar refractivity (Wildman–Crippen MR) is 42.1 cm³/mol. The maximum Gasteiger partial charge on any atom is 0.328 e. The molecule has 0 saturated heterocycles. The van der Waals surface area contributed by atoms with Gasteiger partial charge in [0.05, 0.1) is 12.4 Å². The molecule has 0 saturated carbocycles. The average Bonchev–Trinajstić information content (AvgIpc) is 1.85. The van der Waals surface area contributed by atoms with Crippen LogP contribution in [0, 0.1) is 0 Å². The number of carbonyl (C=O) groups is 1. The van der Waals surface area contributed by atoms with Crippen LogP contribution in [0.2, 0.25) is 0 Å². The third kappa shape index (κ3) is 8.75. The van der Waals surface area contributed by atoms with E-state index < -0.39 is 5.97 Å². The fraction of sp³-hybridized carbons (Fsp3) is 0.375. The maximum atomic E-state index is 9.93. The van der Waals surface area contributed by atoms with Crippen LogP contribution in [0.25, 0.3) is 0 Å². The SMILES string of the molecule is CC(C)O/C=C/C=C\C(=O)O. The van der Waals surface area contributed by atoms with Crippen LogP contribution in [0.1, 0.15) is 13.8 Å². The lowest BCUT2D eigenvalue weighted by Gasteiger charge is -2.00. The summed E-state index contributed by atoms with van der Waals surface area (Å²) in [5.41, 5.74) is 0. The Balaban J connectivity index is 3.52. The van der Waals surface area contributed by atoms with Crippen LogP contribution in [0.3, 0.4) is 0 Å². The fourth-order valence-corrected chi connectivity index (χ4v) is 0.386. The van der Waals surface area contributed by atoms with Crippen LogP contribution in [-0.4, -0.2) is 17.2 Å². The molecule has 0 heterocycles. The zero-order chi connectivity index (χ0) is 8.69. The lowest BCUT2D eigenvalue weighted by atomic mass is 10.5. The first kappa shape index (κ1) is 9.75. The summed E-state index contributed by atoms with van der Waals surface area (Å²) in [6, 6.07) is 0. The summed E-state index contributed by atoms with van der Waals surface area (Å²) in [7, 11) is 0. The van der Waals surface area contributed by atoms with E-state index in [4.69, 9.17) is 9.84 Å². The monoisotopic (exact) mass is 156 g/mol. The molecule has 0 spiro atoms. The molecule has 0 bridgehead atoms. The second-order valence-corrected chi connectivity index (χ2v) is 2.21. The fourth-order valence-electron chi connectivity index (χ4n) is 0.386.